The van der Waals surface area contributed by atoms with Crippen LogP contribution in [-0.2, 0) is 6.61 Å². The van der Waals surface area contributed by atoms with E-state index in [1.165, 1.54) is 4.52 Å². The fourth-order valence-electron chi connectivity index (χ4n) is 2.88. The summed E-state index contributed by atoms with van der Waals surface area (Å²) in [5.74, 6) is 0.225. The van der Waals surface area contributed by atoms with Crippen LogP contribution in [0.1, 0.15) is 24.1 Å². The van der Waals surface area contributed by atoms with Gasteiger partial charge in [0.15, 0.2) is 5.65 Å². The molecule has 0 amide bonds. The third kappa shape index (κ3) is 3.53. The van der Waals surface area contributed by atoms with Crippen LogP contribution in [0.25, 0.3) is 11.7 Å². The monoisotopic (exact) mass is 407 g/mol. The van der Waals surface area contributed by atoms with E-state index in [0.29, 0.717) is 22.2 Å². The van der Waals surface area contributed by atoms with Crippen molar-refractivity contribution in [3.8, 4) is 17.6 Å². The smallest absolute Gasteiger partial charge is 0.327 e. The van der Waals surface area contributed by atoms with Gasteiger partial charge in [-0.05, 0) is 36.6 Å². The van der Waals surface area contributed by atoms with E-state index in [1.54, 1.807) is 36.5 Å². The Morgan fingerprint density at radius 2 is 2.03 bits per heavy atom. The maximum absolute atomic E-state index is 11.4. The van der Waals surface area contributed by atoms with Crippen molar-refractivity contribution in [1.29, 1.82) is 0 Å². The van der Waals surface area contributed by atoms with Crippen molar-refractivity contribution in [3.63, 3.8) is 0 Å². The number of hydrogen-bond acceptors (Lipinski definition) is 8. The largest absolute Gasteiger partial charge is 0.493 e. The number of fused-ring (bicyclic) bond motifs is 1. The minimum Gasteiger partial charge on any atom is -0.493 e. The average molecular weight is 407 g/mol. The quantitative estimate of drug-likeness (QED) is 0.355. The van der Waals surface area contributed by atoms with Crippen molar-refractivity contribution in [3.05, 3.63) is 63.0 Å². The second-order valence-electron chi connectivity index (χ2n) is 6.89. The number of benzene rings is 1. The van der Waals surface area contributed by atoms with Gasteiger partial charge in [-0.2, -0.15) is 19.6 Å². The first-order valence-corrected chi connectivity index (χ1v) is 9.29. The Kier molecular flexibility index (Phi) is 4.29. The van der Waals surface area contributed by atoms with Crippen molar-refractivity contribution >= 4 is 11.7 Å². The predicted molar refractivity (Wildman–Crippen MR) is 104 cm³/mol. The maximum Gasteiger partial charge on any atom is 0.327 e. The first-order valence-electron chi connectivity index (χ1n) is 9.29. The predicted octanol–water partition coefficient (Wildman–Crippen LogP) is -0.258. The number of nitrogens with zero attached hydrogens (tertiary/aromatic N) is 5. The maximum atomic E-state index is 11.4. The summed E-state index contributed by atoms with van der Waals surface area (Å²) in [5.41, 5.74) is 1.21. The summed E-state index contributed by atoms with van der Waals surface area (Å²) >= 11 is 0. The molecule has 0 unspecified atom stereocenters. The lowest BCUT2D eigenvalue weighted by Gasteiger charge is -2.05. The number of rotatable bonds is 5. The third-order valence-electron chi connectivity index (χ3n) is 4.55. The van der Waals surface area contributed by atoms with Gasteiger partial charge in [-0.15, -0.1) is 0 Å². The second-order valence-corrected chi connectivity index (χ2v) is 6.89. The molecular formula is C19H17N7O4. The molecular weight excluding hydrogens is 390 g/mol. The van der Waals surface area contributed by atoms with Gasteiger partial charge in [-0.3, -0.25) is 4.98 Å². The van der Waals surface area contributed by atoms with E-state index >= 15 is 0 Å². The Morgan fingerprint density at radius 1 is 1.23 bits per heavy atom. The summed E-state index contributed by atoms with van der Waals surface area (Å²) < 4.78 is 7.29. The van der Waals surface area contributed by atoms with Crippen LogP contribution in [0.2, 0.25) is 0 Å². The van der Waals surface area contributed by atoms with Crippen molar-refractivity contribution in [2.45, 2.75) is 25.5 Å². The number of nitrogens with one attached hydrogen (secondary N) is 2. The van der Waals surface area contributed by atoms with Gasteiger partial charge >= 0.3 is 11.7 Å². The first-order chi connectivity index (χ1) is 14.6. The Labute approximate surface area is 168 Å². The van der Waals surface area contributed by atoms with E-state index in [-0.39, 0.29) is 30.2 Å². The minimum atomic E-state index is -0.523. The van der Waals surface area contributed by atoms with Crippen molar-refractivity contribution in [1.82, 2.24) is 29.5 Å². The number of ether oxygens (including phenoxy) is 1. The van der Waals surface area contributed by atoms with Gasteiger partial charge in [0.2, 0.25) is 5.88 Å². The molecule has 3 aromatic heterocycles. The molecule has 0 aliphatic heterocycles. The van der Waals surface area contributed by atoms with Gasteiger partial charge in [-0.1, -0.05) is 12.1 Å². The standard InChI is InChI=1S/C19H17N7O4/c27-9-10-1-5-13(6-2-10)30-19-23-15-11(7-14-16(28)24-18(29)22-14)8-20-26(15)17(25-19)21-12-3-4-12/h1-2,5-8,12,27-28H,3-4,9H2,(H2,22,24,29). The normalized spacial score (nSPS) is 15.2. The average Bonchev–Trinajstić information content (AvgIpc) is 3.37. The molecule has 1 aromatic carbocycles. The lowest BCUT2D eigenvalue weighted by Crippen LogP contribution is -2.23. The first kappa shape index (κ1) is 18.1. The zero-order valence-corrected chi connectivity index (χ0v) is 15.6. The number of aliphatic hydroxyl groups is 1. The molecule has 4 N–H and O–H groups in total. The second kappa shape index (κ2) is 7.12. The number of aromatic hydroxyl groups is 1. The summed E-state index contributed by atoms with van der Waals surface area (Å²) in [6.45, 7) is -0.0593. The van der Waals surface area contributed by atoms with E-state index in [2.05, 4.69) is 30.0 Å². The molecule has 1 saturated carbocycles. The number of aromatic amines is 2. The molecule has 0 spiro atoms. The van der Waals surface area contributed by atoms with Crippen molar-refractivity contribution in [2.75, 3.05) is 0 Å². The van der Waals surface area contributed by atoms with Gasteiger partial charge in [0.25, 0.3) is 5.62 Å². The van der Waals surface area contributed by atoms with Crippen LogP contribution in [0.15, 0.2) is 40.2 Å². The fraction of sp³-hybridized carbons (Fsp3) is 0.211. The lowest BCUT2D eigenvalue weighted by atomic mass is 10.2. The Bertz CT molecular complexity index is 1400. The van der Waals surface area contributed by atoms with E-state index in [0.717, 1.165) is 18.4 Å². The van der Waals surface area contributed by atoms with Gasteiger partial charge in [-0.25, -0.2) is 9.79 Å². The van der Waals surface area contributed by atoms with Crippen LogP contribution in [0.4, 0.5) is 0 Å². The number of aromatic nitrogens is 6. The number of H-pyrrole nitrogens is 2. The highest BCUT2D eigenvalue weighted by atomic mass is 16.5. The van der Waals surface area contributed by atoms with E-state index in [1.807, 2.05) is 0 Å². The summed E-state index contributed by atoms with van der Waals surface area (Å²) in [6.07, 6.45) is 5.07. The topological polar surface area (TPSA) is 154 Å². The number of imidazole rings is 1. The van der Waals surface area contributed by atoms with Crippen LogP contribution in [-0.4, -0.2) is 45.8 Å². The Morgan fingerprint density at radius 3 is 2.70 bits per heavy atom. The molecule has 152 valence electrons. The van der Waals surface area contributed by atoms with Gasteiger partial charge in [0.05, 0.1) is 18.8 Å². The van der Waals surface area contributed by atoms with Crippen LogP contribution < -0.4 is 21.3 Å². The third-order valence-corrected chi connectivity index (χ3v) is 4.55. The number of aliphatic hydroxyl groups excluding tert-OH is 1. The SMILES string of the molecule is O=c1[nH]c(O)c(C=c2cnn3c(=NC4CC4)nc(Oc4ccc(CO)cc4)nc23)[nH]1. The molecule has 0 bridgehead atoms. The summed E-state index contributed by atoms with van der Waals surface area (Å²) in [6, 6.07) is 7.19. The highest BCUT2D eigenvalue weighted by Gasteiger charge is 2.21. The molecule has 1 aliphatic carbocycles. The summed E-state index contributed by atoms with van der Waals surface area (Å²) in [4.78, 5) is 29.6. The van der Waals surface area contributed by atoms with Crippen LogP contribution in [0.3, 0.4) is 0 Å². The minimum absolute atomic E-state index is 0.0593. The van der Waals surface area contributed by atoms with E-state index < -0.39 is 5.69 Å². The molecule has 5 rings (SSSR count). The molecule has 1 fully saturated rings. The van der Waals surface area contributed by atoms with Crippen molar-refractivity contribution in [2.24, 2.45) is 4.99 Å². The number of hydrogen-bond donors (Lipinski definition) is 4. The van der Waals surface area contributed by atoms with Gasteiger partial charge in [0, 0.05) is 5.22 Å². The fourth-order valence-corrected chi connectivity index (χ4v) is 2.88. The van der Waals surface area contributed by atoms with E-state index in [4.69, 9.17) is 4.74 Å². The zero-order valence-electron chi connectivity index (χ0n) is 15.6. The molecule has 4 aromatic rings. The molecule has 0 radical (unpaired) electrons. The molecule has 11 nitrogen and oxygen atoms in total. The molecule has 0 saturated heterocycles. The van der Waals surface area contributed by atoms with Crippen LogP contribution in [0.5, 0.6) is 17.6 Å². The van der Waals surface area contributed by atoms with Crippen LogP contribution in [0, 0.1) is 0 Å². The Hall–Kier alpha value is -3.99. The Balaban J connectivity index is 1.64. The van der Waals surface area contributed by atoms with Gasteiger partial charge in [0.1, 0.15) is 11.4 Å². The molecule has 30 heavy (non-hydrogen) atoms. The highest BCUT2D eigenvalue weighted by molar-refractivity contribution is 5.56. The molecule has 11 heteroatoms. The lowest BCUT2D eigenvalue weighted by molar-refractivity contribution is 0.281. The molecule has 0 atom stereocenters. The zero-order chi connectivity index (χ0) is 20.7. The molecule has 3 heterocycles. The van der Waals surface area contributed by atoms with Gasteiger partial charge < -0.3 is 19.9 Å². The van der Waals surface area contributed by atoms with Crippen LogP contribution >= 0.6 is 0 Å². The summed E-state index contributed by atoms with van der Waals surface area (Å²) in [5, 5.41) is 23.9. The van der Waals surface area contributed by atoms with E-state index in [9.17, 15) is 15.0 Å². The highest BCUT2D eigenvalue weighted by Crippen LogP contribution is 2.22. The molecule has 1 aliphatic rings. The summed E-state index contributed by atoms with van der Waals surface area (Å²) in [7, 11) is 0. The van der Waals surface area contributed by atoms with Crippen molar-refractivity contribution < 1.29 is 14.9 Å².